The number of ether oxygens (including phenoxy) is 1. The first-order valence-electron chi connectivity index (χ1n) is 8.32. The average Bonchev–Trinajstić information content (AvgIpc) is 3.01. The van der Waals surface area contributed by atoms with Crippen LogP contribution in [0.15, 0.2) is 12.1 Å². The van der Waals surface area contributed by atoms with Gasteiger partial charge >= 0.3 is 0 Å². The number of carbonyl (C=O) groups is 1. The van der Waals surface area contributed by atoms with Crippen LogP contribution in [0, 0.1) is 25.6 Å². The molecule has 0 bridgehead atoms. The minimum atomic E-state index is -0.418. The molecular formula is C18H24FNO3. The fourth-order valence-corrected chi connectivity index (χ4v) is 3.84. The molecule has 4 nitrogen and oxygen atoms in total. The maximum Gasteiger partial charge on any atom is 0.254 e. The van der Waals surface area contributed by atoms with Gasteiger partial charge in [-0.3, -0.25) is 4.79 Å². The highest BCUT2D eigenvalue weighted by Gasteiger charge is 2.39. The van der Waals surface area contributed by atoms with Crippen LogP contribution in [0.25, 0.3) is 0 Å². The number of carbonyl (C=O) groups excluding carboxylic acids is 1. The second-order valence-electron chi connectivity index (χ2n) is 6.73. The maximum atomic E-state index is 13.8. The number of nitrogens with zero attached hydrogens (tertiary/aromatic N) is 1. The fraction of sp³-hybridized carbons (Fsp3) is 0.611. The summed E-state index contributed by atoms with van der Waals surface area (Å²) in [6.45, 7) is 5.12. The summed E-state index contributed by atoms with van der Waals surface area (Å²) in [4.78, 5) is 14.7. The van der Waals surface area contributed by atoms with Crippen molar-refractivity contribution in [2.75, 3.05) is 19.8 Å². The van der Waals surface area contributed by atoms with E-state index in [0.717, 1.165) is 12.8 Å². The Balaban J connectivity index is 1.83. The summed E-state index contributed by atoms with van der Waals surface area (Å²) in [6.07, 6.45) is 2.02. The molecule has 1 amide bonds. The number of halogens is 1. The highest BCUT2D eigenvalue weighted by atomic mass is 19.1. The molecule has 1 aromatic rings. The third-order valence-electron chi connectivity index (χ3n) is 5.10. The van der Waals surface area contributed by atoms with Gasteiger partial charge < -0.3 is 14.7 Å². The monoisotopic (exact) mass is 321 g/mol. The Morgan fingerprint density at radius 2 is 2.00 bits per heavy atom. The largest absolute Gasteiger partial charge is 0.393 e. The normalized spacial score (nSPS) is 28.2. The van der Waals surface area contributed by atoms with Crippen LogP contribution in [0.1, 0.15) is 40.7 Å². The van der Waals surface area contributed by atoms with Crippen LogP contribution >= 0.6 is 0 Å². The first-order valence-corrected chi connectivity index (χ1v) is 8.32. The molecule has 5 heteroatoms. The van der Waals surface area contributed by atoms with Gasteiger partial charge in [-0.15, -0.1) is 0 Å². The van der Waals surface area contributed by atoms with Gasteiger partial charge in [-0.1, -0.05) is 0 Å². The highest BCUT2D eigenvalue weighted by Crippen LogP contribution is 2.31. The van der Waals surface area contributed by atoms with Crippen LogP contribution in [0.2, 0.25) is 0 Å². The van der Waals surface area contributed by atoms with Crippen molar-refractivity contribution in [3.63, 3.8) is 0 Å². The second-order valence-corrected chi connectivity index (χ2v) is 6.73. The van der Waals surface area contributed by atoms with Gasteiger partial charge in [0.1, 0.15) is 5.82 Å². The maximum absolute atomic E-state index is 13.8. The molecule has 0 radical (unpaired) electrons. The van der Waals surface area contributed by atoms with Crippen molar-refractivity contribution in [2.24, 2.45) is 5.92 Å². The van der Waals surface area contributed by atoms with Crippen molar-refractivity contribution in [3.8, 4) is 0 Å². The lowest BCUT2D eigenvalue weighted by Crippen LogP contribution is -2.48. The SMILES string of the molecule is Cc1cc(C(=O)N2CCC[C@@H]2[C@H]2COCC[C@@H]2O)cc(C)c1F. The summed E-state index contributed by atoms with van der Waals surface area (Å²) >= 11 is 0. The number of hydrogen-bond acceptors (Lipinski definition) is 3. The Morgan fingerprint density at radius 3 is 2.65 bits per heavy atom. The number of aliphatic hydroxyl groups excluding tert-OH is 1. The van der Waals surface area contributed by atoms with Crippen LogP contribution in [0.3, 0.4) is 0 Å². The Hall–Kier alpha value is -1.46. The van der Waals surface area contributed by atoms with Crippen LogP contribution in [-0.2, 0) is 4.74 Å². The van der Waals surface area contributed by atoms with E-state index in [-0.39, 0.29) is 23.7 Å². The summed E-state index contributed by atoms with van der Waals surface area (Å²) in [6, 6.07) is 3.24. The van der Waals surface area contributed by atoms with Gasteiger partial charge in [0.2, 0.25) is 0 Å². The van der Waals surface area contributed by atoms with Gasteiger partial charge in [-0.25, -0.2) is 4.39 Å². The van der Waals surface area contributed by atoms with E-state index in [4.69, 9.17) is 4.74 Å². The standard InChI is InChI=1S/C18H24FNO3/c1-11-8-13(9-12(2)17(11)19)18(22)20-6-3-4-15(20)14-10-23-7-5-16(14)21/h8-9,14-16,21H,3-7,10H2,1-2H3/t14-,15-,16+/m1/s1. The van der Waals surface area contributed by atoms with Crippen molar-refractivity contribution in [2.45, 2.75) is 45.3 Å². The van der Waals surface area contributed by atoms with Crippen LogP contribution in [0.4, 0.5) is 4.39 Å². The minimum Gasteiger partial charge on any atom is -0.393 e. The van der Waals surface area contributed by atoms with Gasteiger partial charge in [0, 0.05) is 30.7 Å². The molecule has 126 valence electrons. The quantitative estimate of drug-likeness (QED) is 0.910. The molecule has 0 aliphatic carbocycles. The van der Waals surface area contributed by atoms with E-state index in [1.54, 1.807) is 26.0 Å². The average molecular weight is 321 g/mol. The van der Waals surface area contributed by atoms with Crippen molar-refractivity contribution in [1.82, 2.24) is 4.90 Å². The number of likely N-dealkylation sites (tertiary alicyclic amines) is 1. The Bertz CT molecular complexity index is 581. The zero-order valence-electron chi connectivity index (χ0n) is 13.7. The lowest BCUT2D eigenvalue weighted by molar-refractivity contribution is -0.0589. The van der Waals surface area contributed by atoms with Crippen LogP contribution in [0.5, 0.6) is 0 Å². The van der Waals surface area contributed by atoms with Crippen molar-refractivity contribution in [3.05, 3.63) is 34.6 Å². The minimum absolute atomic E-state index is 0.00321. The van der Waals surface area contributed by atoms with Crippen LogP contribution in [-0.4, -0.2) is 47.8 Å². The molecule has 2 aliphatic heterocycles. The Labute approximate surface area is 136 Å². The van der Waals surface area contributed by atoms with Gasteiger partial charge in [0.25, 0.3) is 5.91 Å². The van der Waals surface area contributed by atoms with Gasteiger partial charge in [0.05, 0.1) is 12.7 Å². The fourth-order valence-electron chi connectivity index (χ4n) is 3.84. The summed E-state index contributed by atoms with van der Waals surface area (Å²) in [5, 5.41) is 10.3. The van der Waals surface area contributed by atoms with Crippen molar-refractivity contribution >= 4 is 5.91 Å². The van der Waals surface area contributed by atoms with E-state index < -0.39 is 6.10 Å². The number of amides is 1. The van der Waals surface area contributed by atoms with Gasteiger partial charge in [0.15, 0.2) is 0 Å². The summed E-state index contributed by atoms with van der Waals surface area (Å²) in [5.41, 5.74) is 1.51. The molecular weight excluding hydrogens is 297 g/mol. The Kier molecular flexibility index (Phi) is 4.69. The molecule has 2 fully saturated rings. The molecule has 2 aliphatic rings. The molecule has 0 saturated carbocycles. The van der Waals surface area contributed by atoms with Gasteiger partial charge in [-0.2, -0.15) is 0 Å². The van der Waals surface area contributed by atoms with E-state index in [9.17, 15) is 14.3 Å². The molecule has 23 heavy (non-hydrogen) atoms. The van der Waals surface area contributed by atoms with Crippen molar-refractivity contribution < 1.29 is 19.0 Å². The predicted molar refractivity (Wildman–Crippen MR) is 84.9 cm³/mol. The summed E-state index contributed by atoms with van der Waals surface area (Å²) in [5.74, 6) is -0.357. The summed E-state index contributed by atoms with van der Waals surface area (Å²) < 4.78 is 19.3. The zero-order valence-corrected chi connectivity index (χ0v) is 13.7. The molecule has 0 aromatic heterocycles. The number of benzene rings is 1. The molecule has 1 N–H and O–H groups in total. The number of aliphatic hydroxyl groups is 1. The van der Waals surface area contributed by atoms with Crippen molar-refractivity contribution in [1.29, 1.82) is 0 Å². The van der Waals surface area contributed by atoms with E-state index in [1.165, 1.54) is 0 Å². The number of rotatable bonds is 2. The molecule has 3 atom stereocenters. The van der Waals surface area contributed by atoms with E-state index in [2.05, 4.69) is 0 Å². The number of hydrogen-bond donors (Lipinski definition) is 1. The summed E-state index contributed by atoms with van der Waals surface area (Å²) in [7, 11) is 0. The van der Waals surface area contributed by atoms with E-state index in [0.29, 0.717) is 42.9 Å². The third kappa shape index (κ3) is 3.12. The molecule has 2 heterocycles. The lowest BCUT2D eigenvalue weighted by atomic mass is 9.89. The number of aryl methyl sites for hydroxylation is 2. The van der Waals surface area contributed by atoms with Crippen LogP contribution < -0.4 is 0 Å². The highest BCUT2D eigenvalue weighted by molar-refractivity contribution is 5.95. The first kappa shape index (κ1) is 16.4. The third-order valence-corrected chi connectivity index (χ3v) is 5.10. The molecule has 0 unspecified atom stereocenters. The van der Waals surface area contributed by atoms with E-state index in [1.807, 2.05) is 4.90 Å². The molecule has 0 spiro atoms. The first-order chi connectivity index (χ1) is 11.0. The predicted octanol–water partition coefficient (Wildman–Crippen LogP) is 2.44. The Morgan fingerprint density at radius 1 is 1.30 bits per heavy atom. The smallest absolute Gasteiger partial charge is 0.254 e. The molecule has 1 aromatic carbocycles. The van der Waals surface area contributed by atoms with Gasteiger partial charge in [-0.05, 0) is 56.4 Å². The zero-order chi connectivity index (χ0) is 16.6. The van der Waals surface area contributed by atoms with E-state index >= 15 is 0 Å². The topological polar surface area (TPSA) is 49.8 Å². The molecule has 3 rings (SSSR count). The lowest BCUT2D eigenvalue weighted by Gasteiger charge is -2.37. The second kappa shape index (κ2) is 6.57. The molecule has 2 saturated heterocycles.